The molecule has 0 unspecified atom stereocenters. The lowest BCUT2D eigenvalue weighted by Crippen LogP contribution is -2.48. The zero-order valence-electron chi connectivity index (χ0n) is 16.5. The molecular formula is C22H24N4O3S. The molecule has 0 atom stereocenters. The normalized spacial score (nSPS) is 14.6. The molecule has 1 aromatic heterocycles. The number of carbonyl (C=O) groups is 2. The quantitative estimate of drug-likeness (QED) is 0.633. The van der Waals surface area contributed by atoms with E-state index in [0.29, 0.717) is 19.7 Å². The van der Waals surface area contributed by atoms with Crippen molar-refractivity contribution in [3.05, 3.63) is 59.6 Å². The van der Waals surface area contributed by atoms with Crippen LogP contribution in [0.15, 0.2) is 54.6 Å². The number of carbonyl (C=O) groups excluding carboxylic acids is 2. The SMILES string of the molecule is O=C(COCc1nc2ccccc2s1)NC1CCN(C(=O)Nc2ccccc2)CC1. The van der Waals surface area contributed by atoms with E-state index in [2.05, 4.69) is 15.6 Å². The van der Waals surface area contributed by atoms with Gasteiger partial charge in [0.25, 0.3) is 0 Å². The van der Waals surface area contributed by atoms with Gasteiger partial charge in [-0.15, -0.1) is 11.3 Å². The topological polar surface area (TPSA) is 83.6 Å². The molecule has 156 valence electrons. The summed E-state index contributed by atoms with van der Waals surface area (Å²) in [7, 11) is 0. The molecule has 1 saturated heterocycles. The van der Waals surface area contributed by atoms with E-state index in [-0.39, 0.29) is 24.6 Å². The first-order chi connectivity index (χ1) is 14.7. The Labute approximate surface area is 179 Å². The number of fused-ring (bicyclic) bond motifs is 1. The molecule has 1 aliphatic rings. The van der Waals surface area contributed by atoms with Crippen molar-refractivity contribution in [3.8, 4) is 0 Å². The monoisotopic (exact) mass is 424 g/mol. The summed E-state index contributed by atoms with van der Waals surface area (Å²) in [6.07, 6.45) is 1.46. The fraction of sp³-hybridized carbons (Fsp3) is 0.318. The number of nitrogens with one attached hydrogen (secondary N) is 2. The number of rotatable bonds is 6. The molecule has 0 spiro atoms. The number of benzene rings is 2. The van der Waals surface area contributed by atoms with Crippen molar-refractivity contribution in [3.63, 3.8) is 0 Å². The number of amides is 3. The summed E-state index contributed by atoms with van der Waals surface area (Å²) in [4.78, 5) is 30.8. The van der Waals surface area contributed by atoms with E-state index in [0.717, 1.165) is 33.8 Å². The Morgan fingerprint density at radius 2 is 1.80 bits per heavy atom. The summed E-state index contributed by atoms with van der Waals surface area (Å²) in [6, 6.07) is 17.3. The number of piperidine rings is 1. The average molecular weight is 425 g/mol. The predicted molar refractivity (Wildman–Crippen MR) is 117 cm³/mol. The van der Waals surface area contributed by atoms with Gasteiger partial charge in [-0.3, -0.25) is 4.79 Å². The van der Waals surface area contributed by atoms with Crippen LogP contribution < -0.4 is 10.6 Å². The van der Waals surface area contributed by atoms with Gasteiger partial charge in [0, 0.05) is 24.8 Å². The number of hydrogen-bond acceptors (Lipinski definition) is 5. The molecule has 0 saturated carbocycles. The fourth-order valence-electron chi connectivity index (χ4n) is 3.43. The molecule has 0 aliphatic carbocycles. The van der Waals surface area contributed by atoms with Gasteiger partial charge in [-0.1, -0.05) is 30.3 Å². The summed E-state index contributed by atoms with van der Waals surface area (Å²) < 4.78 is 6.65. The van der Waals surface area contributed by atoms with E-state index in [1.54, 1.807) is 16.2 Å². The van der Waals surface area contributed by atoms with Crippen LogP contribution in [0.2, 0.25) is 0 Å². The average Bonchev–Trinajstić information content (AvgIpc) is 3.18. The lowest BCUT2D eigenvalue weighted by molar-refractivity contribution is -0.127. The van der Waals surface area contributed by atoms with Crippen molar-refractivity contribution in [2.75, 3.05) is 25.0 Å². The maximum atomic E-state index is 12.3. The van der Waals surface area contributed by atoms with Crippen LogP contribution in [-0.4, -0.2) is 47.6 Å². The molecule has 7 nitrogen and oxygen atoms in total. The van der Waals surface area contributed by atoms with Crippen LogP contribution in [0.3, 0.4) is 0 Å². The first-order valence-corrected chi connectivity index (χ1v) is 10.8. The summed E-state index contributed by atoms with van der Waals surface area (Å²) in [6.45, 7) is 1.54. The van der Waals surface area contributed by atoms with Crippen LogP contribution >= 0.6 is 11.3 Å². The van der Waals surface area contributed by atoms with Gasteiger partial charge in [-0.05, 0) is 37.1 Å². The van der Waals surface area contributed by atoms with Crippen LogP contribution in [0.1, 0.15) is 17.8 Å². The van der Waals surface area contributed by atoms with Gasteiger partial charge < -0.3 is 20.3 Å². The molecule has 3 amide bonds. The molecule has 0 radical (unpaired) electrons. The van der Waals surface area contributed by atoms with E-state index in [9.17, 15) is 9.59 Å². The highest BCUT2D eigenvalue weighted by Gasteiger charge is 2.24. The van der Waals surface area contributed by atoms with Crippen molar-refractivity contribution in [2.45, 2.75) is 25.5 Å². The second-order valence-corrected chi connectivity index (χ2v) is 8.31. The van der Waals surface area contributed by atoms with Gasteiger partial charge >= 0.3 is 6.03 Å². The number of nitrogens with zero attached hydrogens (tertiary/aromatic N) is 2. The Balaban J connectivity index is 1.15. The van der Waals surface area contributed by atoms with Crippen LogP contribution in [0.25, 0.3) is 10.2 Å². The number of ether oxygens (including phenoxy) is 1. The van der Waals surface area contributed by atoms with Gasteiger partial charge in [-0.25, -0.2) is 9.78 Å². The highest BCUT2D eigenvalue weighted by molar-refractivity contribution is 7.18. The molecule has 3 aromatic rings. The number of likely N-dealkylation sites (tertiary alicyclic amines) is 1. The van der Waals surface area contributed by atoms with E-state index >= 15 is 0 Å². The number of aromatic nitrogens is 1. The number of para-hydroxylation sites is 2. The minimum atomic E-state index is -0.136. The third kappa shape index (κ3) is 5.34. The fourth-order valence-corrected chi connectivity index (χ4v) is 4.34. The van der Waals surface area contributed by atoms with E-state index in [1.165, 1.54) is 0 Å². The smallest absolute Gasteiger partial charge is 0.321 e. The van der Waals surface area contributed by atoms with Crippen molar-refractivity contribution in [1.29, 1.82) is 0 Å². The van der Waals surface area contributed by atoms with Gasteiger partial charge in [-0.2, -0.15) is 0 Å². The van der Waals surface area contributed by atoms with Crippen molar-refractivity contribution in [1.82, 2.24) is 15.2 Å². The van der Waals surface area contributed by atoms with Crippen molar-refractivity contribution in [2.24, 2.45) is 0 Å². The first kappa shape index (κ1) is 20.3. The van der Waals surface area contributed by atoms with Gasteiger partial charge in [0.1, 0.15) is 11.6 Å². The maximum absolute atomic E-state index is 12.3. The lowest BCUT2D eigenvalue weighted by atomic mass is 10.1. The zero-order valence-corrected chi connectivity index (χ0v) is 17.4. The molecule has 30 heavy (non-hydrogen) atoms. The molecule has 2 N–H and O–H groups in total. The summed E-state index contributed by atoms with van der Waals surface area (Å²) >= 11 is 1.58. The maximum Gasteiger partial charge on any atom is 0.321 e. The summed E-state index contributed by atoms with van der Waals surface area (Å²) in [5.41, 5.74) is 1.73. The number of thiazole rings is 1. The van der Waals surface area contributed by atoms with Crippen LogP contribution in [0.5, 0.6) is 0 Å². The molecule has 0 bridgehead atoms. The number of urea groups is 1. The third-order valence-corrected chi connectivity index (χ3v) is 5.98. The molecule has 2 aromatic carbocycles. The van der Waals surface area contributed by atoms with Crippen molar-refractivity contribution < 1.29 is 14.3 Å². The standard InChI is InChI=1S/C22H24N4O3S/c27-20(14-29-15-21-25-18-8-4-5-9-19(18)30-21)23-17-10-12-26(13-11-17)22(28)24-16-6-2-1-3-7-16/h1-9,17H,10-15H2,(H,23,27)(H,24,28). The predicted octanol–water partition coefficient (Wildman–Crippen LogP) is 3.63. The van der Waals surface area contributed by atoms with Gasteiger partial charge in [0.2, 0.25) is 5.91 Å². The Hall–Kier alpha value is -2.97. The minimum absolute atomic E-state index is 0.00460. The zero-order chi connectivity index (χ0) is 20.8. The molecule has 1 fully saturated rings. The van der Waals surface area contributed by atoms with E-state index < -0.39 is 0 Å². The molecule has 8 heteroatoms. The number of anilines is 1. The van der Waals surface area contributed by atoms with Crippen LogP contribution in [-0.2, 0) is 16.1 Å². The third-order valence-electron chi connectivity index (χ3n) is 4.97. The highest BCUT2D eigenvalue weighted by Crippen LogP contribution is 2.22. The molecule has 2 heterocycles. The second-order valence-electron chi connectivity index (χ2n) is 7.19. The van der Waals surface area contributed by atoms with E-state index in [1.807, 2.05) is 54.6 Å². The minimum Gasteiger partial charge on any atom is -0.364 e. The first-order valence-electron chi connectivity index (χ1n) is 10.00. The highest BCUT2D eigenvalue weighted by atomic mass is 32.1. The summed E-state index contributed by atoms with van der Waals surface area (Å²) in [5, 5.41) is 6.76. The molecule has 4 rings (SSSR count). The van der Waals surface area contributed by atoms with Gasteiger partial charge in [0.05, 0.1) is 16.8 Å². The van der Waals surface area contributed by atoms with Crippen LogP contribution in [0.4, 0.5) is 10.5 Å². The largest absolute Gasteiger partial charge is 0.364 e. The Morgan fingerprint density at radius 3 is 2.57 bits per heavy atom. The second kappa shape index (κ2) is 9.69. The molecule has 1 aliphatic heterocycles. The molecular weight excluding hydrogens is 400 g/mol. The van der Waals surface area contributed by atoms with Crippen LogP contribution in [0, 0.1) is 0 Å². The Kier molecular flexibility index (Phi) is 6.56. The number of hydrogen-bond donors (Lipinski definition) is 2. The lowest BCUT2D eigenvalue weighted by Gasteiger charge is -2.32. The summed E-state index contributed by atoms with van der Waals surface area (Å²) in [5.74, 6) is -0.136. The van der Waals surface area contributed by atoms with Gasteiger partial charge in [0.15, 0.2) is 0 Å². The van der Waals surface area contributed by atoms with E-state index in [4.69, 9.17) is 4.74 Å². The Morgan fingerprint density at radius 1 is 1.07 bits per heavy atom. The Bertz CT molecular complexity index is 967. The van der Waals surface area contributed by atoms with Crippen molar-refractivity contribution >= 4 is 39.2 Å².